The summed E-state index contributed by atoms with van der Waals surface area (Å²) in [4.78, 5) is 35.2. The predicted molar refractivity (Wildman–Crippen MR) is 169 cm³/mol. The number of halogens is 1. The first kappa shape index (κ1) is 28.4. The van der Waals surface area contributed by atoms with E-state index in [1.807, 2.05) is 55.5 Å². The molecule has 216 valence electrons. The molecule has 8 nitrogen and oxygen atoms in total. The van der Waals surface area contributed by atoms with Gasteiger partial charge in [0.1, 0.15) is 5.76 Å². The highest BCUT2D eigenvalue weighted by molar-refractivity contribution is 9.10. The van der Waals surface area contributed by atoms with Crippen LogP contribution in [-0.2, 0) is 9.53 Å². The summed E-state index contributed by atoms with van der Waals surface area (Å²) in [7, 11) is 0. The number of amides is 1. The molecular formula is C32H31BrN4O4S. The smallest absolute Gasteiger partial charge is 0.271 e. The first-order valence-electron chi connectivity index (χ1n) is 13.9. The number of rotatable bonds is 6. The molecule has 0 radical (unpaired) electrons. The molecule has 0 saturated carbocycles. The monoisotopic (exact) mass is 646 g/mol. The molecule has 4 heterocycles. The molecular weight excluding hydrogens is 616 g/mol. The Bertz CT molecular complexity index is 1830. The maximum atomic E-state index is 14.1. The van der Waals surface area contributed by atoms with Gasteiger partial charge in [-0.25, -0.2) is 4.99 Å². The fourth-order valence-electron chi connectivity index (χ4n) is 5.27. The van der Waals surface area contributed by atoms with Crippen LogP contribution >= 0.6 is 27.3 Å². The number of benzene rings is 2. The largest absolute Gasteiger partial charge is 0.440 e. The van der Waals surface area contributed by atoms with Gasteiger partial charge in [-0.1, -0.05) is 67.6 Å². The highest BCUT2D eigenvalue weighted by Crippen LogP contribution is 2.33. The van der Waals surface area contributed by atoms with Gasteiger partial charge in [0.25, 0.3) is 11.5 Å². The molecule has 42 heavy (non-hydrogen) atoms. The van der Waals surface area contributed by atoms with E-state index in [1.165, 1.54) is 16.9 Å². The molecule has 1 N–H and O–H groups in total. The van der Waals surface area contributed by atoms with Crippen molar-refractivity contribution in [2.24, 2.45) is 4.99 Å². The normalized spacial score (nSPS) is 17.4. The fraction of sp³-hybridized carbons (Fsp3) is 0.281. The average Bonchev–Trinajstić information content (AvgIpc) is 3.51. The molecule has 1 saturated heterocycles. The zero-order valence-electron chi connectivity index (χ0n) is 23.6. The maximum absolute atomic E-state index is 14.1. The topological polar surface area (TPSA) is 89.1 Å². The Morgan fingerprint density at radius 1 is 1.12 bits per heavy atom. The number of hydrogen-bond donors (Lipinski definition) is 1. The van der Waals surface area contributed by atoms with E-state index >= 15 is 0 Å². The van der Waals surface area contributed by atoms with Crippen LogP contribution in [-0.4, -0.2) is 36.8 Å². The predicted octanol–water partition coefficient (Wildman–Crippen LogP) is 5.19. The van der Waals surface area contributed by atoms with Gasteiger partial charge in [0.05, 0.1) is 39.5 Å². The van der Waals surface area contributed by atoms with Crippen LogP contribution in [0, 0.1) is 0 Å². The Morgan fingerprint density at radius 2 is 1.83 bits per heavy atom. The number of aromatic nitrogens is 1. The Labute approximate surface area is 255 Å². The van der Waals surface area contributed by atoms with E-state index in [2.05, 4.69) is 52.1 Å². The van der Waals surface area contributed by atoms with Crippen molar-refractivity contribution in [1.82, 2.24) is 4.57 Å². The number of carbonyl (C=O) groups is 1. The minimum Gasteiger partial charge on any atom is -0.440 e. The number of ether oxygens (including phenoxy) is 1. The third-order valence-electron chi connectivity index (χ3n) is 7.48. The summed E-state index contributed by atoms with van der Waals surface area (Å²) in [5, 5.41) is 3.00. The number of nitrogens with one attached hydrogen (secondary N) is 1. The number of thiazole rings is 1. The summed E-state index contributed by atoms with van der Waals surface area (Å²) in [5.74, 6) is 1.34. The van der Waals surface area contributed by atoms with E-state index in [9.17, 15) is 9.59 Å². The summed E-state index contributed by atoms with van der Waals surface area (Å²) < 4.78 is 14.6. The van der Waals surface area contributed by atoms with Crippen LogP contribution in [0.1, 0.15) is 49.6 Å². The lowest BCUT2D eigenvalue weighted by Crippen LogP contribution is -2.40. The van der Waals surface area contributed by atoms with Crippen LogP contribution in [0.15, 0.2) is 90.6 Å². The number of anilines is 2. The Morgan fingerprint density at radius 3 is 2.52 bits per heavy atom. The van der Waals surface area contributed by atoms with Gasteiger partial charge >= 0.3 is 0 Å². The van der Waals surface area contributed by atoms with Gasteiger partial charge in [-0.15, -0.1) is 0 Å². The molecule has 1 atom stereocenters. The third-order valence-corrected chi connectivity index (χ3v) is 9.03. The third kappa shape index (κ3) is 5.54. The van der Waals surface area contributed by atoms with Crippen LogP contribution < -0.4 is 25.1 Å². The second-order valence-corrected chi connectivity index (χ2v) is 12.5. The number of morpholine rings is 1. The zero-order valence-corrected chi connectivity index (χ0v) is 26.0. The lowest BCUT2D eigenvalue weighted by Gasteiger charge is -2.26. The van der Waals surface area contributed by atoms with Crippen molar-refractivity contribution in [3.05, 3.63) is 113 Å². The SMILES string of the molecule is CC1=C(C(=O)Nc2ccccc2)C(c2ccc(C(C)C)cc2)n2c(s/c(=C\c3cc(Br)c(N4CCOCC4)o3)c2=O)=N1. The van der Waals surface area contributed by atoms with Gasteiger partial charge in [0, 0.05) is 30.9 Å². The summed E-state index contributed by atoms with van der Waals surface area (Å²) in [6.07, 6.45) is 1.75. The molecule has 4 aromatic rings. The van der Waals surface area contributed by atoms with Crippen LogP contribution in [0.4, 0.5) is 11.6 Å². The second kappa shape index (κ2) is 11.9. The zero-order chi connectivity index (χ0) is 29.4. The van der Waals surface area contributed by atoms with Crippen molar-refractivity contribution in [2.75, 3.05) is 36.5 Å². The highest BCUT2D eigenvalue weighted by atomic mass is 79.9. The molecule has 2 aromatic carbocycles. The van der Waals surface area contributed by atoms with E-state index in [0.717, 1.165) is 29.0 Å². The quantitative estimate of drug-likeness (QED) is 0.312. The van der Waals surface area contributed by atoms with Crippen LogP contribution in [0.2, 0.25) is 0 Å². The van der Waals surface area contributed by atoms with Gasteiger partial charge in [-0.2, -0.15) is 0 Å². The van der Waals surface area contributed by atoms with Crippen molar-refractivity contribution in [1.29, 1.82) is 0 Å². The van der Waals surface area contributed by atoms with Crippen LogP contribution in [0.5, 0.6) is 0 Å². The minimum atomic E-state index is -0.638. The number of hydrogen-bond acceptors (Lipinski definition) is 7. The van der Waals surface area contributed by atoms with E-state index in [0.29, 0.717) is 51.2 Å². The first-order valence-corrected chi connectivity index (χ1v) is 15.5. The van der Waals surface area contributed by atoms with Crippen molar-refractivity contribution in [3.8, 4) is 0 Å². The highest BCUT2D eigenvalue weighted by Gasteiger charge is 2.32. The molecule has 2 aromatic heterocycles. The molecule has 10 heteroatoms. The molecule has 1 unspecified atom stereocenters. The van der Waals surface area contributed by atoms with Crippen molar-refractivity contribution in [3.63, 3.8) is 0 Å². The number of fused-ring (bicyclic) bond motifs is 1. The molecule has 0 spiro atoms. The average molecular weight is 648 g/mol. The van der Waals surface area contributed by atoms with E-state index in [4.69, 9.17) is 14.1 Å². The molecule has 2 aliphatic rings. The Kier molecular flexibility index (Phi) is 8.02. The summed E-state index contributed by atoms with van der Waals surface area (Å²) in [6.45, 7) is 8.84. The van der Waals surface area contributed by atoms with Gasteiger partial charge in [0.15, 0.2) is 4.80 Å². The number of furan rings is 1. The van der Waals surface area contributed by atoms with Crippen LogP contribution in [0.25, 0.3) is 6.08 Å². The van der Waals surface area contributed by atoms with Crippen molar-refractivity contribution >= 4 is 50.8 Å². The Balaban J connectivity index is 1.45. The van der Waals surface area contributed by atoms with E-state index in [1.54, 1.807) is 10.6 Å². The van der Waals surface area contributed by atoms with E-state index in [-0.39, 0.29) is 11.5 Å². The summed E-state index contributed by atoms with van der Waals surface area (Å²) >= 11 is 4.90. The van der Waals surface area contributed by atoms with Gasteiger partial charge in [-0.3, -0.25) is 14.2 Å². The number of nitrogens with zero attached hydrogens (tertiary/aromatic N) is 3. The molecule has 2 aliphatic heterocycles. The minimum absolute atomic E-state index is 0.227. The Hall–Kier alpha value is -3.73. The molecule has 0 aliphatic carbocycles. The number of carbonyl (C=O) groups excluding carboxylic acids is 1. The van der Waals surface area contributed by atoms with Gasteiger partial charge in [-0.05, 0) is 52.0 Å². The number of allylic oxidation sites excluding steroid dienone is 1. The summed E-state index contributed by atoms with van der Waals surface area (Å²) in [5.41, 5.74) is 3.48. The van der Waals surface area contributed by atoms with E-state index < -0.39 is 6.04 Å². The lowest BCUT2D eigenvalue weighted by atomic mass is 9.93. The summed E-state index contributed by atoms with van der Waals surface area (Å²) in [6, 6.07) is 18.7. The maximum Gasteiger partial charge on any atom is 0.271 e. The first-order chi connectivity index (χ1) is 20.3. The number of para-hydroxylation sites is 1. The molecule has 6 rings (SSSR count). The van der Waals surface area contributed by atoms with Gasteiger partial charge in [0.2, 0.25) is 5.88 Å². The molecule has 0 bridgehead atoms. The van der Waals surface area contributed by atoms with Crippen LogP contribution in [0.3, 0.4) is 0 Å². The van der Waals surface area contributed by atoms with Crippen molar-refractivity contribution < 1.29 is 13.9 Å². The fourth-order valence-corrected chi connectivity index (χ4v) is 6.85. The molecule has 1 amide bonds. The standard InChI is InChI=1S/C32H31BrN4O4S/c1-19(2)21-9-11-22(12-10-21)28-27(29(38)35-23-7-5-4-6-8-23)20(3)34-32-37(28)30(39)26(42-32)18-24-17-25(33)31(41-24)36-13-15-40-16-14-36/h4-12,17-19,28H,13-16H2,1-3H3,(H,35,38)/b26-18-. The second-order valence-electron chi connectivity index (χ2n) is 10.6. The lowest BCUT2D eigenvalue weighted by molar-refractivity contribution is -0.113. The van der Waals surface area contributed by atoms with Crippen molar-refractivity contribution in [2.45, 2.75) is 32.7 Å². The van der Waals surface area contributed by atoms with Gasteiger partial charge < -0.3 is 19.4 Å². The molecule has 1 fully saturated rings.